The number of benzene rings is 2. The Hall–Kier alpha value is -2.59. The van der Waals surface area contributed by atoms with Crippen LogP contribution in [0.5, 0.6) is 0 Å². The van der Waals surface area contributed by atoms with Gasteiger partial charge in [0, 0.05) is 22.5 Å². The molecule has 25 heavy (non-hydrogen) atoms. The zero-order valence-electron chi connectivity index (χ0n) is 14.0. The maximum atomic E-state index is 11.0. The minimum absolute atomic E-state index is 0. The molecule has 3 rings (SSSR count). The summed E-state index contributed by atoms with van der Waals surface area (Å²) in [4.78, 5) is 15.7. The number of anilines is 2. The van der Waals surface area contributed by atoms with Crippen LogP contribution in [-0.4, -0.2) is 16.1 Å². The van der Waals surface area contributed by atoms with Gasteiger partial charge in [0.15, 0.2) is 0 Å². The highest BCUT2D eigenvalue weighted by molar-refractivity contribution is 5.93. The number of aromatic carboxylic acids is 1. The first-order valence-electron chi connectivity index (χ1n) is 8.16. The van der Waals surface area contributed by atoms with Crippen molar-refractivity contribution < 1.29 is 9.90 Å². The number of carbonyl (C=O) groups is 1. The molecule has 2 N–H and O–H groups in total. The molecule has 0 saturated heterocycles. The third kappa shape index (κ3) is 4.48. The van der Waals surface area contributed by atoms with Crippen molar-refractivity contribution in [3.8, 4) is 0 Å². The van der Waals surface area contributed by atoms with Crippen molar-refractivity contribution >= 4 is 40.7 Å². The first-order valence-corrected chi connectivity index (χ1v) is 8.16. The standard InChI is InChI=1S/C20H20N2O2.ClH/c1-2-3-6-16-13-19(17-7-4-5-8-18(17)22-16)21-15-11-9-14(10-12-15)20(23)24;/h4-5,7-13H,2-3,6H2,1H3,(H,21,22)(H,23,24);1H. The Morgan fingerprint density at radius 2 is 1.84 bits per heavy atom. The zero-order chi connectivity index (χ0) is 16.9. The Morgan fingerprint density at radius 3 is 2.52 bits per heavy atom. The topological polar surface area (TPSA) is 62.2 Å². The minimum atomic E-state index is -0.919. The summed E-state index contributed by atoms with van der Waals surface area (Å²) < 4.78 is 0. The first-order chi connectivity index (χ1) is 11.7. The fourth-order valence-corrected chi connectivity index (χ4v) is 2.67. The second-order valence-electron chi connectivity index (χ2n) is 5.79. The van der Waals surface area contributed by atoms with Gasteiger partial charge in [0.25, 0.3) is 0 Å². The van der Waals surface area contributed by atoms with Gasteiger partial charge in [-0.05, 0) is 49.2 Å². The number of aromatic nitrogens is 1. The summed E-state index contributed by atoms with van der Waals surface area (Å²) in [5.41, 5.74) is 4.17. The maximum absolute atomic E-state index is 11.0. The molecule has 5 heteroatoms. The van der Waals surface area contributed by atoms with Gasteiger partial charge in [-0.15, -0.1) is 12.4 Å². The molecular weight excluding hydrogens is 336 g/mol. The van der Waals surface area contributed by atoms with Crippen LogP contribution in [0.25, 0.3) is 10.9 Å². The van der Waals surface area contributed by atoms with Gasteiger partial charge in [-0.2, -0.15) is 0 Å². The molecule has 0 aliphatic heterocycles. The summed E-state index contributed by atoms with van der Waals surface area (Å²) >= 11 is 0. The molecule has 0 aliphatic carbocycles. The molecule has 0 radical (unpaired) electrons. The van der Waals surface area contributed by atoms with Gasteiger partial charge in [-0.3, -0.25) is 4.98 Å². The lowest BCUT2D eigenvalue weighted by Gasteiger charge is -2.12. The second-order valence-corrected chi connectivity index (χ2v) is 5.79. The SMILES string of the molecule is CCCCc1cc(Nc2ccc(C(=O)O)cc2)c2ccccc2n1.Cl. The van der Waals surface area contributed by atoms with Crippen LogP contribution < -0.4 is 5.32 Å². The van der Waals surface area contributed by atoms with Gasteiger partial charge >= 0.3 is 5.97 Å². The van der Waals surface area contributed by atoms with Crippen LogP contribution >= 0.6 is 12.4 Å². The van der Waals surface area contributed by atoms with Gasteiger partial charge in [0.05, 0.1) is 11.1 Å². The lowest BCUT2D eigenvalue weighted by molar-refractivity contribution is 0.0697. The number of fused-ring (bicyclic) bond motifs is 1. The third-order valence-electron chi connectivity index (χ3n) is 3.97. The minimum Gasteiger partial charge on any atom is -0.478 e. The van der Waals surface area contributed by atoms with Gasteiger partial charge in [-0.25, -0.2) is 4.79 Å². The van der Waals surface area contributed by atoms with Crippen molar-refractivity contribution in [1.29, 1.82) is 0 Å². The summed E-state index contributed by atoms with van der Waals surface area (Å²) in [6.45, 7) is 2.17. The number of carboxylic acid groups (broad SMARTS) is 1. The summed E-state index contributed by atoms with van der Waals surface area (Å²) in [6, 6.07) is 16.9. The zero-order valence-corrected chi connectivity index (χ0v) is 14.8. The molecular formula is C20H21ClN2O2. The summed E-state index contributed by atoms with van der Waals surface area (Å²) in [5.74, 6) is -0.919. The molecule has 0 aliphatic rings. The van der Waals surface area contributed by atoms with Crippen molar-refractivity contribution in [1.82, 2.24) is 4.98 Å². The number of hydrogen-bond acceptors (Lipinski definition) is 3. The number of hydrogen-bond donors (Lipinski definition) is 2. The van der Waals surface area contributed by atoms with Gasteiger partial charge in [0.2, 0.25) is 0 Å². The molecule has 130 valence electrons. The van der Waals surface area contributed by atoms with E-state index in [0.29, 0.717) is 0 Å². The molecule has 0 atom stereocenters. The number of unbranched alkanes of at least 4 members (excludes halogenated alkanes) is 1. The molecule has 0 spiro atoms. The van der Waals surface area contributed by atoms with Crippen LogP contribution in [0.1, 0.15) is 35.8 Å². The number of nitrogens with zero attached hydrogens (tertiary/aromatic N) is 1. The van der Waals surface area contributed by atoms with Crippen LogP contribution in [0.2, 0.25) is 0 Å². The predicted molar refractivity (Wildman–Crippen MR) is 104 cm³/mol. The van der Waals surface area contributed by atoms with Crippen molar-refractivity contribution in [3.05, 3.63) is 65.9 Å². The van der Waals surface area contributed by atoms with E-state index < -0.39 is 5.97 Å². The Labute approximate surface area is 153 Å². The molecule has 0 amide bonds. The van der Waals surface area contributed by atoms with Crippen molar-refractivity contribution in [3.63, 3.8) is 0 Å². The molecule has 1 heterocycles. The number of aryl methyl sites for hydroxylation is 1. The van der Waals surface area contributed by atoms with E-state index in [1.165, 1.54) is 0 Å². The number of para-hydroxylation sites is 1. The monoisotopic (exact) mass is 356 g/mol. The van der Waals surface area contributed by atoms with Crippen LogP contribution in [0, 0.1) is 0 Å². The summed E-state index contributed by atoms with van der Waals surface area (Å²) in [6.07, 6.45) is 3.19. The molecule has 1 aromatic heterocycles. The average molecular weight is 357 g/mol. The summed E-state index contributed by atoms with van der Waals surface area (Å²) in [7, 11) is 0. The Bertz CT molecular complexity index is 863. The Balaban J connectivity index is 0.00000225. The van der Waals surface area contributed by atoms with Crippen molar-refractivity contribution in [2.75, 3.05) is 5.32 Å². The highest BCUT2D eigenvalue weighted by Gasteiger charge is 2.07. The predicted octanol–water partition coefficient (Wildman–Crippen LogP) is 5.44. The van der Waals surface area contributed by atoms with Gasteiger partial charge in [0.1, 0.15) is 0 Å². The smallest absolute Gasteiger partial charge is 0.335 e. The quantitative estimate of drug-likeness (QED) is 0.617. The lowest BCUT2D eigenvalue weighted by Crippen LogP contribution is -1.99. The third-order valence-corrected chi connectivity index (χ3v) is 3.97. The van der Waals surface area contributed by atoms with Crippen LogP contribution in [0.3, 0.4) is 0 Å². The van der Waals surface area contributed by atoms with Crippen LogP contribution in [-0.2, 0) is 6.42 Å². The van der Waals surface area contributed by atoms with Crippen molar-refractivity contribution in [2.45, 2.75) is 26.2 Å². The van der Waals surface area contributed by atoms with E-state index >= 15 is 0 Å². The fourth-order valence-electron chi connectivity index (χ4n) is 2.67. The Morgan fingerprint density at radius 1 is 1.12 bits per heavy atom. The van der Waals surface area contributed by atoms with E-state index in [0.717, 1.165) is 47.2 Å². The molecule has 4 nitrogen and oxygen atoms in total. The van der Waals surface area contributed by atoms with Crippen LogP contribution in [0.15, 0.2) is 54.6 Å². The van der Waals surface area contributed by atoms with Crippen LogP contribution in [0.4, 0.5) is 11.4 Å². The number of rotatable bonds is 6. The number of pyridine rings is 1. The van der Waals surface area contributed by atoms with E-state index in [1.54, 1.807) is 24.3 Å². The normalized spacial score (nSPS) is 10.3. The van der Waals surface area contributed by atoms with E-state index in [9.17, 15) is 4.79 Å². The number of halogens is 1. The van der Waals surface area contributed by atoms with E-state index in [1.807, 2.05) is 24.3 Å². The average Bonchev–Trinajstić information content (AvgIpc) is 2.60. The largest absolute Gasteiger partial charge is 0.478 e. The molecule has 0 bridgehead atoms. The highest BCUT2D eigenvalue weighted by Crippen LogP contribution is 2.27. The second kappa shape index (κ2) is 8.49. The maximum Gasteiger partial charge on any atom is 0.335 e. The molecule has 2 aromatic carbocycles. The number of carboxylic acids is 1. The Kier molecular flexibility index (Phi) is 6.37. The van der Waals surface area contributed by atoms with E-state index in [2.05, 4.69) is 18.3 Å². The number of nitrogens with one attached hydrogen (secondary N) is 1. The molecule has 0 saturated carbocycles. The van der Waals surface area contributed by atoms with E-state index in [4.69, 9.17) is 10.1 Å². The van der Waals surface area contributed by atoms with Gasteiger partial charge in [-0.1, -0.05) is 31.5 Å². The molecule has 0 unspecified atom stereocenters. The van der Waals surface area contributed by atoms with Gasteiger partial charge < -0.3 is 10.4 Å². The lowest BCUT2D eigenvalue weighted by atomic mass is 10.1. The first kappa shape index (κ1) is 18.7. The van der Waals surface area contributed by atoms with Crippen molar-refractivity contribution in [2.24, 2.45) is 0 Å². The van der Waals surface area contributed by atoms with E-state index in [-0.39, 0.29) is 18.0 Å². The highest BCUT2D eigenvalue weighted by atomic mass is 35.5. The fraction of sp³-hybridized carbons (Fsp3) is 0.200. The molecule has 0 fully saturated rings. The summed E-state index contributed by atoms with van der Waals surface area (Å²) in [5, 5.41) is 13.4. The molecule has 3 aromatic rings.